The van der Waals surface area contributed by atoms with Gasteiger partial charge in [0.2, 0.25) is 0 Å². The van der Waals surface area contributed by atoms with E-state index < -0.39 is 22.4 Å². The molecule has 2 atom stereocenters. The zero-order chi connectivity index (χ0) is 23.9. The summed E-state index contributed by atoms with van der Waals surface area (Å²) in [5, 5.41) is 0. The number of benzene rings is 1. The number of likely N-dealkylation sites (tertiary alicyclic amines) is 1. The van der Waals surface area contributed by atoms with Gasteiger partial charge in [-0.2, -0.15) is 0 Å². The highest BCUT2D eigenvalue weighted by Crippen LogP contribution is 2.29. The second-order valence-corrected chi connectivity index (χ2v) is 8.67. The van der Waals surface area contributed by atoms with Crippen LogP contribution in [0.2, 0.25) is 0 Å². The highest BCUT2D eigenvalue weighted by molar-refractivity contribution is 7.83. The van der Waals surface area contributed by atoms with Gasteiger partial charge in [-0.05, 0) is 59.0 Å². The molecular formula is C22H42FN3O3S. The topological polar surface area (TPSA) is 84.7 Å². The van der Waals surface area contributed by atoms with E-state index in [9.17, 15) is 13.4 Å². The van der Waals surface area contributed by atoms with Crippen molar-refractivity contribution in [3.05, 3.63) is 29.6 Å². The maximum absolute atomic E-state index is 14.1. The number of carbonyl (C=O) groups is 1. The number of nitrogens with one attached hydrogen (secondary N) is 1. The van der Waals surface area contributed by atoms with Crippen molar-refractivity contribution in [1.82, 2.24) is 9.62 Å². The second kappa shape index (κ2) is 16.2. The van der Waals surface area contributed by atoms with Crippen LogP contribution in [0.5, 0.6) is 0 Å². The lowest BCUT2D eigenvalue weighted by Gasteiger charge is -2.24. The molecule has 3 N–H and O–H groups in total. The summed E-state index contributed by atoms with van der Waals surface area (Å²) >= 11 is 0. The van der Waals surface area contributed by atoms with Gasteiger partial charge in [-0.25, -0.2) is 18.1 Å². The summed E-state index contributed by atoms with van der Waals surface area (Å²) in [6.07, 6.45) is 1.67. The first-order valence-corrected chi connectivity index (χ1v) is 11.7. The minimum atomic E-state index is -1.55. The maximum atomic E-state index is 14.1. The van der Waals surface area contributed by atoms with Crippen molar-refractivity contribution in [2.24, 2.45) is 5.73 Å². The molecule has 0 aliphatic carbocycles. The average Bonchev–Trinajstić information content (AvgIpc) is 3.20. The smallest absolute Gasteiger partial charge is 0.410 e. The maximum Gasteiger partial charge on any atom is 0.410 e. The van der Waals surface area contributed by atoms with Crippen LogP contribution in [0.25, 0.3) is 0 Å². The molecule has 1 aromatic carbocycles. The van der Waals surface area contributed by atoms with Gasteiger partial charge in [0.1, 0.15) is 22.4 Å². The molecule has 1 fully saturated rings. The van der Waals surface area contributed by atoms with Crippen LogP contribution < -0.4 is 10.5 Å². The Hall–Kier alpha value is -1.51. The summed E-state index contributed by atoms with van der Waals surface area (Å²) in [7, 11) is 1.47. The van der Waals surface area contributed by atoms with E-state index in [2.05, 4.69) is 24.3 Å². The van der Waals surface area contributed by atoms with Crippen LogP contribution in [0.15, 0.2) is 23.1 Å². The van der Waals surface area contributed by atoms with Crippen LogP contribution >= 0.6 is 0 Å². The highest BCUT2D eigenvalue weighted by Gasteiger charge is 2.31. The summed E-state index contributed by atoms with van der Waals surface area (Å²) in [6, 6.07) is 4.72. The van der Waals surface area contributed by atoms with Gasteiger partial charge in [0.15, 0.2) is 0 Å². The Balaban J connectivity index is 0. The van der Waals surface area contributed by atoms with Crippen LogP contribution in [0.4, 0.5) is 9.18 Å². The number of halogens is 1. The van der Waals surface area contributed by atoms with Gasteiger partial charge < -0.3 is 15.4 Å². The van der Waals surface area contributed by atoms with E-state index in [1.165, 1.54) is 32.6 Å². The molecule has 1 heterocycles. The van der Waals surface area contributed by atoms with Gasteiger partial charge >= 0.3 is 6.09 Å². The van der Waals surface area contributed by atoms with E-state index in [1.54, 1.807) is 11.0 Å². The fourth-order valence-electron chi connectivity index (χ4n) is 2.56. The summed E-state index contributed by atoms with van der Waals surface area (Å²) in [5.74, 6) is -0.431. The third-order valence-corrected chi connectivity index (χ3v) is 4.75. The largest absolute Gasteiger partial charge is 0.444 e. The number of amides is 1. The fraction of sp³-hybridized carbons (Fsp3) is 0.682. The molecule has 1 amide bonds. The lowest BCUT2D eigenvalue weighted by molar-refractivity contribution is 0.0292. The van der Waals surface area contributed by atoms with Crippen molar-refractivity contribution in [3.8, 4) is 0 Å². The minimum absolute atomic E-state index is 0.0640. The fourth-order valence-corrected chi connectivity index (χ4v) is 3.20. The summed E-state index contributed by atoms with van der Waals surface area (Å²) < 4.78 is 33.6. The summed E-state index contributed by atoms with van der Waals surface area (Å²) in [5.41, 5.74) is 4.78. The molecule has 30 heavy (non-hydrogen) atoms. The van der Waals surface area contributed by atoms with Gasteiger partial charge in [-0.1, -0.05) is 40.2 Å². The predicted molar refractivity (Wildman–Crippen MR) is 124 cm³/mol. The molecule has 0 aromatic heterocycles. The average molecular weight is 448 g/mol. The van der Waals surface area contributed by atoms with Crippen molar-refractivity contribution in [2.75, 3.05) is 27.2 Å². The Labute approximate surface area is 185 Å². The molecular weight excluding hydrogens is 405 g/mol. The van der Waals surface area contributed by atoms with E-state index in [1.807, 2.05) is 34.6 Å². The van der Waals surface area contributed by atoms with E-state index >= 15 is 0 Å². The van der Waals surface area contributed by atoms with Crippen molar-refractivity contribution in [3.63, 3.8) is 0 Å². The minimum Gasteiger partial charge on any atom is -0.444 e. The molecule has 6 nitrogen and oxygen atoms in total. The van der Waals surface area contributed by atoms with Crippen molar-refractivity contribution in [2.45, 2.75) is 77.7 Å². The summed E-state index contributed by atoms with van der Waals surface area (Å²) in [6.45, 7) is 14.8. The quantitative estimate of drug-likeness (QED) is 0.696. The zero-order valence-electron chi connectivity index (χ0n) is 20.2. The first-order valence-electron chi connectivity index (χ1n) is 10.6. The van der Waals surface area contributed by atoms with Gasteiger partial charge in [0.05, 0.1) is 4.90 Å². The SMILES string of the molecule is CC.CCC.CN.CN[S@](=O)c1ccc(C2CCN(C(=O)OC(C)(C)C)C2)cc1F. The number of hydrogen-bond acceptors (Lipinski definition) is 4. The highest BCUT2D eigenvalue weighted by atomic mass is 32.2. The zero-order valence-corrected chi connectivity index (χ0v) is 21.0. The normalized spacial score (nSPS) is 16.1. The second-order valence-electron chi connectivity index (χ2n) is 7.28. The Bertz CT molecular complexity index is 637. The number of hydrogen-bond donors (Lipinski definition) is 2. The van der Waals surface area contributed by atoms with E-state index in [0.29, 0.717) is 13.1 Å². The Kier molecular flexibility index (Phi) is 16.6. The standard InChI is InChI=1S/C16H23FN2O3S.C3H8.C2H6.CH5N/c1-16(2,3)22-15(20)19-8-7-12(10-19)11-5-6-14(13(17)9-11)23(21)18-4;1-3-2;2*1-2/h5-6,9,12,18H,7-8,10H2,1-4H3;3H2,1-2H3;1-2H3;2H2,1H3/t12?,23-;;;/m1.../s1. The third-order valence-electron chi connectivity index (χ3n) is 3.65. The van der Waals surface area contributed by atoms with Gasteiger partial charge in [0.25, 0.3) is 0 Å². The number of ether oxygens (including phenoxy) is 1. The molecule has 1 unspecified atom stereocenters. The van der Waals surface area contributed by atoms with Crippen LogP contribution in [-0.4, -0.2) is 48.0 Å². The van der Waals surface area contributed by atoms with E-state index in [4.69, 9.17) is 4.74 Å². The van der Waals surface area contributed by atoms with Gasteiger partial charge in [-0.3, -0.25) is 0 Å². The number of rotatable bonds is 3. The first-order chi connectivity index (χ1) is 14.1. The molecule has 0 bridgehead atoms. The molecule has 1 aromatic rings. The predicted octanol–water partition coefficient (Wildman–Crippen LogP) is 4.81. The Morgan fingerprint density at radius 3 is 2.27 bits per heavy atom. The monoisotopic (exact) mass is 447 g/mol. The van der Waals surface area contributed by atoms with E-state index in [-0.39, 0.29) is 16.9 Å². The van der Waals surface area contributed by atoms with Crippen molar-refractivity contribution in [1.29, 1.82) is 0 Å². The molecule has 1 saturated heterocycles. The molecule has 2 rings (SSSR count). The molecule has 0 spiro atoms. The molecule has 1 aliphatic rings. The number of nitrogens with zero attached hydrogens (tertiary/aromatic N) is 1. The first kappa shape index (κ1) is 30.7. The molecule has 1 aliphatic heterocycles. The van der Waals surface area contributed by atoms with Crippen LogP contribution in [0.1, 0.15) is 72.8 Å². The summed E-state index contributed by atoms with van der Waals surface area (Å²) in [4.78, 5) is 13.9. The molecule has 8 heteroatoms. The Morgan fingerprint density at radius 1 is 1.30 bits per heavy atom. The van der Waals surface area contributed by atoms with Crippen LogP contribution in [0, 0.1) is 5.82 Å². The van der Waals surface area contributed by atoms with Crippen LogP contribution in [0.3, 0.4) is 0 Å². The Morgan fingerprint density at radius 2 is 1.83 bits per heavy atom. The van der Waals surface area contributed by atoms with Crippen molar-refractivity contribution >= 4 is 17.1 Å². The number of carbonyl (C=O) groups excluding carboxylic acids is 1. The van der Waals surface area contributed by atoms with Crippen LogP contribution in [-0.2, 0) is 15.7 Å². The lowest BCUT2D eigenvalue weighted by atomic mass is 9.98. The molecule has 0 saturated carbocycles. The van der Waals surface area contributed by atoms with E-state index in [0.717, 1.165) is 12.0 Å². The van der Waals surface area contributed by atoms with Gasteiger partial charge in [-0.15, -0.1) is 0 Å². The lowest BCUT2D eigenvalue weighted by Crippen LogP contribution is -2.35. The number of nitrogens with two attached hydrogens (primary N) is 1. The molecule has 0 radical (unpaired) electrons. The van der Waals surface area contributed by atoms with Gasteiger partial charge in [0, 0.05) is 19.0 Å². The third kappa shape index (κ3) is 11.0. The van der Waals surface area contributed by atoms with Crippen molar-refractivity contribution < 1.29 is 18.1 Å². The molecule has 176 valence electrons.